The van der Waals surface area contributed by atoms with Gasteiger partial charge in [-0.2, -0.15) is 0 Å². The lowest BCUT2D eigenvalue weighted by molar-refractivity contribution is -0.294. The van der Waals surface area contributed by atoms with Gasteiger partial charge >= 0.3 is 0 Å². The highest BCUT2D eigenvalue weighted by Gasteiger charge is 2.52. The molecule has 1 saturated heterocycles. The molecule has 1 atom stereocenters. The molecule has 0 radical (unpaired) electrons. The third kappa shape index (κ3) is 1.34. The number of likely N-dealkylation sites (tertiary alicyclic amines) is 1. The van der Waals surface area contributed by atoms with Crippen LogP contribution in [-0.2, 0) is 14.5 Å². The lowest BCUT2D eigenvalue weighted by atomic mass is 10.1. The van der Waals surface area contributed by atoms with Crippen LogP contribution in [0.15, 0.2) is 0 Å². The molecule has 0 aliphatic carbocycles. The number of amides is 1. The third-order valence-electron chi connectivity index (χ3n) is 2.32. The van der Waals surface area contributed by atoms with Crippen molar-refractivity contribution in [3.8, 4) is 0 Å². The van der Waals surface area contributed by atoms with Gasteiger partial charge in [-0.15, -0.1) is 0 Å². The zero-order valence-corrected chi connectivity index (χ0v) is 7.90. The average Bonchev–Trinajstić information content (AvgIpc) is 2.30. The average molecular weight is 187 g/mol. The molecule has 1 rings (SSSR count). The summed E-state index contributed by atoms with van der Waals surface area (Å²) in [5.74, 6) is -0.885. The molecule has 1 aliphatic heterocycles. The Morgan fingerprint density at radius 1 is 1.54 bits per heavy atom. The molecule has 0 aromatic heterocycles. The van der Waals surface area contributed by atoms with Crippen LogP contribution in [0.2, 0.25) is 0 Å². The fraction of sp³-hybridized carbons (Fsp3) is 0.750. The Bertz CT molecular complexity index is 251. The summed E-state index contributed by atoms with van der Waals surface area (Å²) in [5.41, 5.74) is -1.69. The monoisotopic (exact) mass is 187 g/mol. The molecule has 1 unspecified atom stereocenters. The number of hydrogen-bond acceptors (Lipinski definition) is 4. The maximum absolute atomic E-state index is 11.5. The van der Waals surface area contributed by atoms with Gasteiger partial charge in [0.05, 0.1) is 6.54 Å². The fourth-order valence-electron chi connectivity index (χ4n) is 1.28. The Morgan fingerprint density at radius 3 is 2.31 bits per heavy atom. The van der Waals surface area contributed by atoms with Gasteiger partial charge in [-0.3, -0.25) is 14.8 Å². The van der Waals surface area contributed by atoms with E-state index in [2.05, 4.69) is 4.89 Å². The molecule has 13 heavy (non-hydrogen) atoms. The number of carbonyl (C=O) groups is 2. The van der Waals surface area contributed by atoms with Crippen molar-refractivity contribution in [2.45, 2.75) is 32.4 Å². The van der Waals surface area contributed by atoms with Crippen LogP contribution in [-0.4, -0.2) is 40.0 Å². The Morgan fingerprint density at radius 2 is 2.08 bits per heavy atom. The summed E-state index contributed by atoms with van der Waals surface area (Å²) in [6, 6.07) is -0.0616. The third-order valence-corrected chi connectivity index (χ3v) is 2.32. The number of Topliss-reactive ketones (excluding diaryl/α,β-unsaturated/α-hetero) is 1. The van der Waals surface area contributed by atoms with Crippen LogP contribution in [0.25, 0.3) is 0 Å². The summed E-state index contributed by atoms with van der Waals surface area (Å²) >= 11 is 0. The van der Waals surface area contributed by atoms with Crippen molar-refractivity contribution >= 4 is 11.7 Å². The maximum atomic E-state index is 11.5. The number of hydrogen-bond donors (Lipinski definition) is 1. The molecule has 0 spiro atoms. The second kappa shape index (κ2) is 3.08. The highest BCUT2D eigenvalue weighted by Crippen LogP contribution is 2.23. The fourth-order valence-corrected chi connectivity index (χ4v) is 1.28. The van der Waals surface area contributed by atoms with Crippen LogP contribution in [0.5, 0.6) is 0 Å². The normalized spacial score (nSPS) is 29.2. The molecule has 0 aromatic rings. The molecule has 0 saturated carbocycles. The maximum Gasteiger partial charge on any atom is 0.266 e. The summed E-state index contributed by atoms with van der Waals surface area (Å²) in [6.45, 7) is 4.89. The van der Waals surface area contributed by atoms with Gasteiger partial charge in [0, 0.05) is 6.04 Å². The largest absolute Gasteiger partial charge is 0.330 e. The Balaban J connectivity index is 2.94. The molecular formula is C8H13NO4. The van der Waals surface area contributed by atoms with E-state index >= 15 is 0 Å². The molecular weight excluding hydrogens is 174 g/mol. The minimum Gasteiger partial charge on any atom is -0.330 e. The lowest BCUT2D eigenvalue weighted by Gasteiger charge is -2.21. The van der Waals surface area contributed by atoms with Crippen molar-refractivity contribution in [1.29, 1.82) is 0 Å². The SMILES string of the molecule is CC(C)N1CC(=O)C(C)(OO)C1=O. The number of carbonyl (C=O) groups excluding carboxylic acids is 2. The summed E-state index contributed by atoms with van der Waals surface area (Å²) in [5, 5.41) is 8.50. The van der Waals surface area contributed by atoms with Crippen LogP contribution in [0.4, 0.5) is 0 Å². The second-order valence-electron chi connectivity index (χ2n) is 3.57. The minimum absolute atomic E-state index is 0.00750. The van der Waals surface area contributed by atoms with E-state index in [-0.39, 0.29) is 12.6 Å². The Kier molecular flexibility index (Phi) is 2.40. The number of rotatable bonds is 2. The van der Waals surface area contributed by atoms with Gasteiger partial charge in [-0.1, -0.05) is 0 Å². The summed E-state index contributed by atoms with van der Waals surface area (Å²) < 4.78 is 0. The summed E-state index contributed by atoms with van der Waals surface area (Å²) in [7, 11) is 0. The van der Waals surface area contributed by atoms with Crippen molar-refractivity contribution < 1.29 is 19.7 Å². The predicted octanol–water partition coefficient (Wildman–Crippen LogP) is 0.0544. The first-order valence-corrected chi connectivity index (χ1v) is 4.10. The van der Waals surface area contributed by atoms with Crippen LogP contribution in [0.3, 0.4) is 0 Å². The molecule has 0 bridgehead atoms. The van der Waals surface area contributed by atoms with E-state index in [1.807, 2.05) is 0 Å². The first kappa shape index (κ1) is 10.1. The standard InChI is InChI=1S/C8H13NO4/c1-5(2)9-4-6(10)8(3,13-12)7(9)11/h5,12H,4H2,1-3H3. The lowest BCUT2D eigenvalue weighted by Crippen LogP contribution is -2.44. The van der Waals surface area contributed by atoms with Crippen LogP contribution in [0.1, 0.15) is 20.8 Å². The van der Waals surface area contributed by atoms with Gasteiger partial charge < -0.3 is 4.90 Å². The first-order valence-electron chi connectivity index (χ1n) is 4.10. The Hall–Kier alpha value is -0.940. The number of nitrogens with zero attached hydrogens (tertiary/aromatic N) is 1. The molecule has 0 aromatic carbocycles. The van der Waals surface area contributed by atoms with E-state index in [4.69, 9.17) is 5.26 Å². The second-order valence-corrected chi connectivity index (χ2v) is 3.57. The first-order chi connectivity index (χ1) is 5.93. The van der Waals surface area contributed by atoms with Crippen molar-refractivity contribution in [1.82, 2.24) is 4.90 Å². The van der Waals surface area contributed by atoms with E-state index in [1.165, 1.54) is 11.8 Å². The van der Waals surface area contributed by atoms with Gasteiger partial charge in [-0.25, -0.2) is 4.89 Å². The quantitative estimate of drug-likeness (QED) is 0.377. The topological polar surface area (TPSA) is 66.8 Å². The molecule has 74 valence electrons. The van der Waals surface area contributed by atoms with E-state index in [9.17, 15) is 9.59 Å². The van der Waals surface area contributed by atoms with Crippen molar-refractivity contribution in [2.75, 3.05) is 6.54 Å². The zero-order valence-electron chi connectivity index (χ0n) is 7.90. The molecule has 1 heterocycles. The van der Waals surface area contributed by atoms with Gasteiger partial charge in [-0.05, 0) is 20.8 Å². The van der Waals surface area contributed by atoms with Crippen molar-refractivity contribution in [3.05, 3.63) is 0 Å². The summed E-state index contributed by atoms with van der Waals surface area (Å²) in [4.78, 5) is 28.2. The molecule has 1 aliphatic rings. The van der Waals surface area contributed by atoms with E-state index in [0.717, 1.165) is 0 Å². The van der Waals surface area contributed by atoms with Gasteiger partial charge in [0.2, 0.25) is 5.60 Å². The van der Waals surface area contributed by atoms with Crippen LogP contribution >= 0.6 is 0 Å². The zero-order chi connectivity index (χ0) is 10.2. The minimum atomic E-state index is -1.69. The molecule has 1 N–H and O–H groups in total. The van der Waals surface area contributed by atoms with Gasteiger partial charge in [0.25, 0.3) is 5.91 Å². The highest BCUT2D eigenvalue weighted by atomic mass is 17.1. The van der Waals surface area contributed by atoms with Crippen LogP contribution < -0.4 is 0 Å². The highest BCUT2D eigenvalue weighted by molar-refractivity contribution is 6.15. The Labute approximate surface area is 76.2 Å². The van der Waals surface area contributed by atoms with Crippen molar-refractivity contribution in [3.63, 3.8) is 0 Å². The van der Waals surface area contributed by atoms with Crippen molar-refractivity contribution in [2.24, 2.45) is 0 Å². The predicted molar refractivity (Wildman–Crippen MR) is 44.0 cm³/mol. The van der Waals surface area contributed by atoms with E-state index in [1.54, 1.807) is 13.8 Å². The molecule has 1 fully saturated rings. The van der Waals surface area contributed by atoms with E-state index in [0.29, 0.717) is 0 Å². The number of ketones is 1. The summed E-state index contributed by atoms with van der Waals surface area (Å²) in [6.07, 6.45) is 0. The van der Waals surface area contributed by atoms with E-state index < -0.39 is 17.3 Å². The molecule has 5 heteroatoms. The van der Waals surface area contributed by atoms with Gasteiger partial charge in [0.15, 0.2) is 5.78 Å². The molecule has 5 nitrogen and oxygen atoms in total. The van der Waals surface area contributed by atoms with Crippen LogP contribution in [0, 0.1) is 0 Å². The van der Waals surface area contributed by atoms with Gasteiger partial charge in [0.1, 0.15) is 0 Å². The smallest absolute Gasteiger partial charge is 0.266 e. The molecule has 1 amide bonds.